The van der Waals surface area contributed by atoms with Crippen molar-refractivity contribution in [3.05, 3.63) is 28.8 Å². The number of hydrogen-bond donors (Lipinski definition) is 1. The van der Waals surface area contributed by atoms with Crippen LogP contribution in [0.3, 0.4) is 0 Å². The predicted octanol–water partition coefficient (Wildman–Crippen LogP) is 3.43. The van der Waals surface area contributed by atoms with Gasteiger partial charge in [-0.2, -0.15) is 0 Å². The lowest BCUT2D eigenvalue weighted by Gasteiger charge is -2.28. The number of ether oxygens (including phenoxy) is 1. The highest BCUT2D eigenvalue weighted by molar-refractivity contribution is 6.31. The molecule has 1 atom stereocenters. The van der Waals surface area contributed by atoms with E-state index < -0.39 is 6.10 Å². The van der Waals surface area contributed by atoms with E-state index in [1.54, 1.807) is 25.3 Å². The molecular formula is C12H17ClO2. The molecule has 0 aliphatic heterocycles. The number of rotatable bonds is 2. The highest BCUT2D eigenvalue weighted by atomic mass is 35.5. The first-order valence-corrected chi connectivity index (χ1v) is 5.26. The van der Waals surface area contributed by atoms with Crippen LogP contribution in [0.1, 0.15) is 32.4 Å². The standard InChI is InChI=1S/C12H17ClO2/c1-12(2,3)11(14)10-8(13)6-5-7-9(10)15-4/h5-7,11,14H,1-4H3. The quantitative estimate of drug-likeness (QED) is 0.841. The topological polar surface area (TPSA) is 29.5 Å². The monoisotopic (exact) mass is 228 g/mol. The normalized spacial score (nSPS) is 13.7. The summed E-state index contributed by atoms with van der Waals surface area (Å²) in [6.07, 6.45) is -0.638. The fraction of sp³-hybridized carbons (Fsp3) is 0.500. The van der Waals surface area contributed by atoms with E-state index in [0.717, 1.165) is 0 Å². The first kappa shape index (κ1) is 12.3. The van der Waals surface area contributed by atoms with E-state index in [2.05, 4.69) is 0 Å². The molecule has 0 amide bonds. The highest BCUT2D eigenvalue weighted by Crippen LogP contribution is 2.40. The zero-order valence-corrected chi connectivity index (χ0v) is 10.3. The molecule has 15 heavy (non-hydrogen) atoms. The summed E-state index contributed by atoms with van der Waals surface area (Å²) in [5.74, 6) is 0.630. The van der Waals surface area contributed by atoms with Crippen molar-refractivity contribution in [2.45, 2.75) is 26.9 Å². The lowest BCUT2D eigenvalue weighted by atomic mass is 9.84. The molecule has 0 fully saturated rings. The third-order valence-corrected chi connectivity index (χ3v) is 2.66. The van der Waals surface area contributed by atoms with Crippen molar-refractivity contribution in [1.29, 1.82) is 0 Å². The maximum Gasteiger partial charge on any atom is 0.126 e. The smallest absolute Gasteiger partial charge is 0.126 e. The molecule has 0 aliphatic rings. The first-order chi connectivity index (χ1) is 6.88. The summed E-state index contributed by atoms with van der Waals surface area (Å²) in [4.78, 5) is 0. The molecule has 0 aromatic heterocycles. The van der Waals surface area contributed by atoms with E-state index in [1.165, 1.54) is 0 Å². The molecule has 1 N–H and O–H groups in total. The Morgan fingerprint density at radius 3 is 2.40 bits per heavy atom. The number of benzene rings is 1. The maximum atomic E-state index is 10.2. The van der Waals surface area contributed by atoms with E-state index in [-0.39, 0.29) is 5.41 Å². The average molecular weight is 229 g/mol. The van der Waals surface area contributed by atoms with Gasteiger partial charge in [0.15, 0.2) is 0 Å². The molecule has 1 aromatic rings. The Hall–Kier alpha value is -0.730. The van der Waals surface area contributed by atoms with Crippen molar-refractivity contribution in [3.63, 3.8) is 0 Å². The number of aliphatic hydroxyl groups is 1. The van der Waals surface area contributed by atoms with E-state index in [0.29, 0.717) is 16.3 Å². The summed E-state index contributed by atoms with van der Waals surface area (Å²) in [6, 6.07) is 5.37. The molecular weight excluding hydrogens is 212 g/mol. The summed E-state index contributed by atoms with van der Waals surface area (Å²) >= 11 is 6.07. The van der Waals surface area contributed by atoms with Crippen LogP contribution in [-0.2, 0) is 0 Å². The number of aliphatic hydroxyl groups excluding tert-OH is 1. The van der Waals surface area contributed by atoms with E-state index in [1.807, 2.05) is 20.8 Å². The fourth-order valence-corrected chi connectivity index (χ4v) is 1.66. The van der Waals surface area contributed by atoms with Crippen molar-refractivity contribution in [1.82, 2.24) is 0 Å². The van der Waals surface area contributed by atoms with Crippen LogP contribution in [-0.4, -0.2) is 12.2 Å². The summed E-state index contributed by atoms with van der Waals surface area (Å²) in [6.45, 7) is 5.88. The molecule has 0 spiro atoms. The van der Waals surface area contributed by atoms with Gasteiger partial charge in [-0.25, -0.2) is 0 Å². The Bertz CT molecular complexity index is 342. The number of halogens is 1. The fourth-order valence-electron chi connectivity index (χ4n) is 1.39. The Morgan fingerprint density at radius 2 is 1.93 bits per heavy atom. The van der Waals surface area contributed by atoms with Crippen LogP contribution in [0.2, 0.25) is 5.02 Å². The van der Waals surface area contributed by atoms with E-state index in [9.17, 15) is 5.11 Å². The largest absolute Gasteiger partial charge is 0.496 e. The lowest BCUT2D eigenvalue weighted by Crippen LogP contribution is -2.18. The van der Waals surface area contributed by atoms with Gasteiger partial charge in [0.1, 0.15) is 5.75 Å². The van der Waals surface area contributed by atoms with Crippen LogP contribution >= 0.6 is 11.6 Å². The number of methoxy groups -OCH3 is 1. The maximum absolute atomic E-state index is 10.2. The van der Waals surface area contributed by atoms with Crippen molar-refractivity contribution in [2.24, 2.45) is 5.41 Å². The van der Waals surface area contributed by atoms with Gasteiger partial charge in [-0.1, -0.05) is 38.4 Å². The summed E-state index contributed by atoms with van der Waals surface area (Å²) < 4.78 is 5.20. The molecule has 0 saturated heterocycles. The minimum absolute atomic E-state index is 0.266. The molecule has 0 radical (unpaired) electrons. The third kappa shape index (κ3) is 2.64. The Kier molecular flexibility index (Phi) is 3.63. The van der Waals surface area contributed by atoms with Crippen molar-refractivity contribution >= 4 is 11.6 Å². The van der Waals surface area contributed by atoms with Gasteiger partial charge in [0, 0.05) is 5.56 Å². The first-order valence-electron chi connectivity index (χ1n) is 4.88. The van der Waals surface area contributed by atoms with Crippen LogP contribution in [0, 0.1) is 5.41 Å². The van der Waals surface area contributed by atoms with Crippen molar-refractivity contribution in [2.75, 3.05) is 7.11 Å². The van der Waals surface area contributed by atoms with Gasteiger partial charge in [0.05, 0.1) is 18.2 Å². The van der Waals surface area contributed by atoms with Gasteiger partial charge >= 0.3 is 0 Å². The van der Waals surface area contributed by atoms with Crippen molar-refractivity contribution < 1.29 is 9.84 Å². The molecule has 3 heteroatoms. The van der Waals surface area contributed by atoms with Crippen LogP contribution in [0.15, 0.2) is 18.2 Å². The highest BCUT2D eigenvalue weighted by Gasteiger charge is 2.28. The molecule has 2 nitrogen and oxygen atoms in total. The SMILES string of the molecule is COc1cccc(Cl)c1C(O)C(C)(C)C. The molecule has 1 unspecified atom stereocenters. The Morgan fingerprint density at radius 1 is 1.33 bits per heavy atom. The third-order valence-electron chi connectivity index (χ3n) is 2.33. The molecule has 0 aliphatic carbocycles. The van der Waals surface area contributed by atoms with E-state index in [4.69, 9.17) is 16.3 Å². The predicted molar refractivity (Wildman–Crippen MR) is 62.4 cm³/mol. The number of hydrogen-bond acceptors (Lipinski definition) is 2. The Labute approximate surface area is 95.8 Å². The molecule has 0 heterocycles. The second-order valence-corrected chi connectivity index (χ2v) is 5.03. The van der Waals surface area contributed by atoms with Crippen LogP contribution in [0.4, 0.5) is 0 Å². The van der Waals surface area contributed by atoms with Gasteiger partial charge < -0.3 is 9.84 Å². The van der Waals surface area contributed by atoms with Crippen LogP contribution < -0.4 is 4.74 Å². The van der Waals surface area contributed by atoms with Gasteiger partial charge in [-0.05, 0) is 17.5 Å². The van der Waals surface area contributed by atoms with Gasteiger partial charge in [-0.3, -0.25) is 0 Å². The Balaban J connectivity index is 3.23. The molecule has 0 saturated carbocycles. The summed E-state index contributed by atoms with van der Waals surface area (Å²) in [7, 11) is 1.57. The lowest BCUT2D eigenvalue weighted by molar-refractivity contribution is 0.0605. The van der Waals surface area contributed by atoms with Gasteiger partial charge in [0.25, 0.3) is 0 Å². The average Bonchev–Trinajstić information content (AvgIpc) is 2.15. The van der Waals surface area contributed by atoms with Gasteiger partial charge in [-0.15, -0.1) is 0 Å². The van der Waals surface area contributed by atoms with Gasteiger partial charge in [0.2, 0.25) is 0 Å². The summed E-state index contributed by atoms with van der Waals surface area (Å²) in [5.41, 5.74) is 0.396. The van der Waals surface area contributed by atoms with Crippen LogP contribution in [0.5, 0.6) is 5.75 Å². The second kappa shape index (κ2) is 4.42. The minimum atomic E-state index is -0.638. The summed E-state index contributed by atoms with van der Waals surface area (Å²) in [5, 5.41) is 10.7. The van der Waals surface area contributed by atoms with Crippen molar-refractivity contribution in [3.8, 4) is 5.75 Å². The zero-order valence-electron chi connectivity index (χ0n) is 9.54. The second-order valence-electron chi connectivity index (χ2n) is 4.62. The minimum Gasteiger partial charge on any atom is -0.496 e. The molecule has 1 aromatic carbocycles. The van der Waals surface area contributed by atoms with E-state index >= 15 is 0 Å². The van der Waals surface area contributed by atoms with Crippen LogP contribution in [0.25, 0.3) is 0 Å². The molecule has 0 bridgehead atoms. The molecule has 1 rings (SSSR count). The zero-order chi connectivity index (χ0) is 11.6. The molecule has 84 valence electrons.